The molecule has 8 nitrogen and oxygen atoms in total. The molecule has 1 aliphatic rings. The summed E-state index contributed by atoms with van der Waals surface area (Å²) in [5.41, 5.74) is 2.40. The van der Waals surface area contributed by atoms with Gasteiger partial charge >= 0.3 is 0 Å². The van der Waals surface area contributed by atoms with Crippen molar-refractivity contribution in [2.75, 3.05) is 17.6 Å². The number of hydrogen-bond acceptors (Lipinski definition) is 6. The van der Waals surface area contributed by atoms with Crippen molar-refractivity contribution in [2.45, 2.75) is 30.6 Å². The standard InChI is InChI=1S/C21H24N2O6S2/c1-21(2)18-15-17(31(27,28)29)9-10-19(18)23(13-6-14-30(24,25)26)20(21)11-12-22-16-7-4-3-5-8-16/h3-5,7-12,15H,6,13-14H2,1-2H3,(H2,24,25,26,27,28,29). The van der Waals surface area contributed by atoms with Crippen LogP contribution in [-0.2, 0) is 25.7 Å². The van der Waals surface area contributed by atoms with Crippen LogP contribution in [0.4, 0.5) is 11.4 Å². The van der Waals surface area contributed by atoms with Crippen molar-refractivity contribution >= 4 is 37.3 Å². The number of rotatable bonds is 8. The Morgan fingerprint density at radius 1 is 1.10 bits per heavy atom. The van der Waals surface area contributed by atoms with Gasteiger partial charge < -0.3 is 9.87 Å². The van der Waals surface area contributed by atoms with Crippen molar-refractivity contribution in [3.05, 3.63) is 66.4 Å². The molecular weight excluding hydrogens is 440 g/mol. The zero-order valence-electron chi connectivity index (χ0n) is 17.1. The maximum absolute atomic E-state index is 11.6. The van der Waals surface area contributed by atoms with E-state index in [1.54, 1.807) is 12.3 Å². The zero-order chi connectivity index (χ0) is 22.9. The number of nitrogens with zero attached hydrogens (tertiary/aromatic N) is 1. The van der Waals surface area contributed by atoms with Crippen molar-refractivity contribution in [2.24, 2.45) is 0 Å². The number of para-hydroxylation sites is 1. The van der Waals surface area contributed by atoms with Crippen LogP contribution >= 0.6 is 0 Å². The van der Waals surface area contributed by atoms with Gasteiger partial charge in [-0.3, -0.25) is 4.55 Å². The molecule has 2 aromatic rings. The van der Waals surface area contributed by atoms with Crippen LogP contribution in [0.5, 0.6) is 0 Å². The van der Waals surface area contributed by atoms with E-state index in [2.05, 4.69) is 5.32 Å². The van der Waals surface area contributed by atoms with Gasteiger partial charge in [0.05, 0.1) is 20.4 Å². The smallest absolute Gasteiger partial charge is 0.294 e. The Morgan fingerprint density at radius 3 is 2.39 bits per heavy atom. The first-order chi connectivity index (χ1) is 14.4. The van der Waals surface area contributed by atoms with Crippen LogP contribution in [0.1, 0.15) is 25.8 Å². The van der Waals surface area contributed by atoms with E-state index in [1.807, 2.05) is 54.8 Å². The summed E-state index contributed by atoms with van der Waals surface area (Å²) in [6.45, 7) is 4.08. The van der Waals surface area contributed by atoms with Gasteiger partial charge in [-0.05, 0) is 38.1 Å². The Kier molecular flexibility index (Phi) is 6.38. The summed E-state index contributed by atoms with van der Waals surface area (Å²) in [4.78, 5) is -0.214. The summed E-state index contributed by atoms with van der Waals surface area (Å²) >= 11 is 0. The molecule has 2 aromatic carbocycles. The monoisotopic (exact) mass is 464 g/mol. The van der Waals surface area contributed by atoms with Gasteiger partial charge in [0.2, 0.25) is 5.69 Å². The summed E-state index contributed by atoms with van der Waals surface area (Å²) in [5.74, 6) is -0.498. The van der Waals surface area contributed by atoms with E-state index in [0.29, 0.717) is 11.3 Å². The Bertz CT molecular complexity index is 1250. The van der Waals surface area contributed by atoms with Gasteiger partial charge in [0.15, 0.2) is 5.71 Å². The van der Waals surface area contributed by atoms with E-state index < -0.39 is 31.4 Å². The lowest BCUT2D eigenvalue weighted by Crippen LogP contribution is -2.28. The Labute approximate surface area is 182 Å². The highest BCUT2D eigenvalue weighted by molar-refractivity contribution is 7.86. The molecule has 1 heterocycles. The number of nitrogens with one attached hydrogen (secondary N) is 1. The van der Waals surface area contributed by atoms with Crippen molar-refractivity contribution in [3.8, 4) is 0 Å². The normalized spacial score (nSPS) is 16.0. The molecule has 0 unspecified atom stereocenters. The summed E-state index contributed by atoms with van der Waals surface area (Å²) < 4.78 is 67.7. The number of benzene rings is 2. The van der Waals surface area contributed by atoms with E-state index in [-0.39, 0.29) is 17.9 Å². The summed E-state index contributed by atoms with van der Waals surface area (Å²) in [6, 6.07) is 13.8. The van der Waals surface area contributed by atoms with Crippen molar-refractivity contribution < 1.29 is 30.5 Å². The largest absolute Gasteiger partial charge is 0.748 e. The first kappa shape index (κ1) is 23.1. The number of fused-ring (bicyclic) bond motifs is 1. The van der Waals surface area contributed by atoms with Crippen molar-refractivity contribution in [3.63, 3.8) is 0 Å². The Hall–Kier alpha value is -2.53. The number of anilines is 1. The molecule has 0 saturated heterocycles. The summed E-state index contributed by atoms with van der Waals surface area (Å²) in [6.07, 6.45) is 3.70. The van der Waals surface area contributed by atoms with Crippen LogP contribution in [0, 0.1) is 0 Å². The molecule has 0 spiro atoms. The number of allylic oxidation sites excluding steroid dienone is 1. The highest BCUT2D eigenvalue weighted by Gasteiger charge is 2.44. The molecule has 1 aliphatic heterocycles. The molecule has 0 aliphatic carbocycles. The predicted octanol–water partition coefficient (Wildman–Crippen LogP) is 2.87. The van der Waals surface area contributed by atoms with Gasteiger partial charge in [-0.15, -0.1) is 0 Å². The van der Waals surface area contributed by atoms with Gasteiger partial charge in [-0.1, -0.05) is 18.2 Å². The lowest BCUT2D eigenvalue weighted by Gasteiger charge is -2.16. The summed E-state index contributed by atoms with van der Waals surface area (Å²) in [7, 11) is -8.72. The van der Waals surface area contributed by atoms with Crippen molar-refractivity contribution in [1.29, 1.82) is 0 Å². The second-order valence-electron chi connectivity index (χ2n) is 7.77. The topological polar surface area (TPSA) is 127 Å². The molecule has 0 fully saturated rings. The Balaban J connectivity index is 2.01. The van der Waals surface area contributed by atoms with Crippen LogP contribution in [0.15, 0.2) is 65.7 Å². The fourth-order valence-electron chi connectivity index (χ4n) is 3.71. The molecule has 2 N–H and O–H groups in total. The first-order valence-corrected chi connectivity index (χ1v) is 12.6. The van der Waals surface area contributed by atoms with E-state index in [9.17, 15) is 25.9 Å². The molecule has 0 aromatic heterocycles. The molecule has 10 heteroatoms. The average molecular weight is 465 g/mol. The van der Waals surface area contributed by atoms with Crippen LogP contribution in [0.2, 0.25) is 0 Å². The minimum absolute atomic E-state index is 0.116. The maximum atomic E-state index is 11.6. The molecule has 166 valence electrons. The minimum atomic E-state index is -4.38. The third-order valence-corrected chi connectivity index (χ3v) is 6.84. The predicted molar refractivity (Wildman–Crippen MR) is 117 cm³/mol. The van der Waals surface area contributed by atoms with Crippen LogP contribution in [0.3, 0.4) is 0 Å². The molecule has 0 radical (unpaired) electrons. The van der Waals surface area contributed by atoms with Crippen LogP contribution in [-0.4, -0.2) is 48.5 Å². The number of hydrogen-bond donors (Lipinski definition) is 2. The third kappa shape index (κ3) is 5.40. The molecular formula is C21H24N2O6S2. The van der Waals surface area contributed by atoms with Crippen LogP contribution in [0.25, 0.3) is 0 Å². The molecule has 31 heavy (non-hydrogen) atoms. The van der Waals surface area contributed by atoms with E-state index in [4.69, 9.17) is 0 Å². The fraction of sp³-hybridized carbons (Fsp3) is 0.286. The highest BCUT2D eigenvalue weighted by Crippen LogP contribution is 2.41. The van der Waals surface area contributed by atoms with Gasteiger partial charge in [0, 0.05) is 41.8 Å². The summed E-state index contributed by atoms with van der Waals surface area (Å²) in [5, 5.41) is 3.16. The van der Waals surface area contributed by atoms with E-state index >= 15 is 0 Å². The molecule has 0 amide bonds. The zero-order valence-corrected chi connectivity index (χ0v) is 18.8. The lowest BCUT2D eigenvalue weighted by atomic mass is 9.81. The van der Waals surface area contributed by atoms with Crippen LogP contribution < -0.4 is 5.32 Å². The second kappa shape index (κ2) is 8.54. The quantitative estimate of drug-likeness (QED) is 0.454. The third-order valence-electron chi connectivity index (χ3n) is 5.20. The van der Waals surface area contributed by atoms with E-state index in [1.165, 1.54) is 12.1 Å². The molecule has 0 atom stereocenters. The van der Waals surface area contributed by atoms with Gasteiger partial charge in [0.25, 0.3) is 10.1 Å². The highest BCUT2D eigenvalue weighted by atomic mass is 32.2. The molecule has 0 bridgehead atoms. The van der Waals surface area contributed by atoms with Gasteiger partial charge in [0.1, 0.15) is 6.54 Å². The van der Waals surface area contributed by atoms with Crippen molar-refractivity contribution in [1.82, 2.24) is 0 Å². The molecule has 0 saturated carbocycles. The second-order valence-corrected chi connectivity index (χ2v) is 10.7. The molecule has 3 rings (SSSR count). The average Bonchev–Trinajstić information content (AvgIpc) is 2.88. The van der Waals surface area contributed by atoms with E-state index in [0.717, 1.165) is 11.4 Å². The minimum Gasteiger partial charge on any atom is -0.748 e. The fourth-order valence-corrected chi connectivity index (χ4v) is 4.70. The lowest BCUT2D eigenvalue weighted by molar-refractivity contribution is -0.437. The van der Waals surface area contributed by atoms with Gasteiger partial charge in [-0.25, -0.2) is 8.42 Å². The van der Waals surface area contributed by atoms with Gasteiger partial charge in [-0.2, -0.15) is 13.0 Å². The maximum Gasteiger partial charge on any atom is 0.294 e. The SMILES string of the molecule is CC1(C)C(C=CNc2ccccc2)=[N+](CCCS(=O)(=O)[O-])c2ccc(S(=O)(=O)O)cc21. The first-order valence-electron chi connectivity index (χ1n) is 9.58. The Morgan fingerprint density at radius 2 is 1.77 bits per heavy atom.